The minimum Gasteiger partial charge on any atom is -0.330 e. The predicted octanol–water partition coefficient (Wildman–Crippen LogP) is 3.02. The molecule has 1 unspecified atom stereocenters. The first-order valence-corrected chi connectivity index (χ1v) is 6.02. The fraction of sp³-hybridized carbons (Fsp3) is 0.214. The van der Waals surface area contributed by atoms with Crippen molar-refractivity contribution >= 4 is 11.6 Å². The van der Waals surface area contributed by atoms with Crippen LogP contribution in [0.4, 0.5) is 0 Å². The second-order valence-corrected chi connectivity index (χ2v) is 4.42. The molecule has 1 atom stereocenters. The van der Waals surface area contributed by atoms with E-state index in [1.165, 1.54) is 5.56 Å². The lowest BCUT2D eigenvalue weighted by Crippen LogP contribution is -2.15. The monoisotopic (exact) mass is 246 g/mol. The Bertz CT molecular complexity index is 471. The first-order valence-electron chi connectivity index (χ1n) is 5.64. The third kappa shape index (κ3) is 3.05. The number of hydrogen-bond acceptors (Lipinski definition) is 2. The Kier molecular flexibility index (Phi) is 4.13. The second-order valence-electron chi connectivity index (χ2n) is 4.01. The Hall–Kier alpha value is -1.38. The van der Waals surface area contributed by atoms with Gasteiger partial charge in [-0.3, -0.25) is 4.98 Å². The van der Waals surface area contributed by atoms with E-state index in [0.717, 1.165) is 17.0 Å². The van der Waals surface area contributed by atoms with Crippen molar-refractivity contribution in [3.05, 3.63) is 64.9 Å². The Morgan fingerprint density at radius 3 is 2.47 bits per heavy atom. The van der Waals surface area contributed by atoms with Crippen molar-refractivity contribution in [2.45, 2.75) is 12.3 Å². The lowest BCUT2D eigenvalue weighted by Gasteiger charge is -2.16. The molecule has 0 spiro atoms. The van der Waals surface area contributed by atoms with Crippen molar-refractivity contribution in [2.24, 2.45) is 5.73 Å². The van der Waals surface area contributed by atoms with Gasteiger partial charge in [0.15, 0.2) is 0 Å². The minimum absolute atomic E-state index is 0.256. The molecule has 2 rings (SSSR count). The van der Waals surface area contributed by atoms with E-state index in [2.05, 4.69) is 4.98 Å². The first-order chi connectivity index (χ1) is 8.31. The third-order valence-corrected chi connectivity index (χ3v) is 3.21. The van der Waals surface area contributed by atoms with Gasteiger partial charge in [-0.1, -0.05) is 29.8 Å². The molecule has 0 fully saturated rings. The number of halogens is 1. The van der Waals surface area contributed by atoms with Gasteiger partial charge >= 0.3 is 0 Å². The summed E-state index contributed by atoms with van der Waals surface area (Å²) in [5, 5.41) is 0.789. The molecule has 1 aromatic carbocycles. The van der Waals surface area contributed by atoms with Crippen LogP contribution in [-0.2, 0) is 6.42 Å². The normalized spacial score (nSPS) is 12.4. The number of aromatic nitrogens is 1. The van der Waals surface area contributed by atoms with Crippen molar-refractivity contribution in [2.75, 3.05) is 6.54 Å². The maximum Gasteiger partial charge on any atom is 0.0441 e. The molecule has 0 bridgehead atoms. The van der Waals surface area contributed by atoms with Gasteiger partial charge in [0, 0.05) is 23.3 Å². The van der Waals surface area contributed by atoms with Crippen LogP contribution in [0.25, 0.3) is 0 Å². The van der Waals surface area contributed by atoms with E-state index in [1.54, 1.807) is 12.4 Å². The van der Waals surface area contributed by atoms with Gasteiger partial charge in [0.05, 0.1) is 0 Å². The fourth-order valence-electron chi connectivity index (χ4n) is 1.93. The summed E-state index contributed by atoms with van der Waals surface area (Å²) >= 11 is 6.20. The van der Waals surface area contributed by atoms with Gasteiger partial charge in [-0.05, 0) is 42.3 Å². The molecule has 0 aliphatic rings. The van der Waals surface area contributed by atoms with Gasteiger partial charge in [0.2, 0.25) is 0 Å². The maximum absolute atomic E-state index is 6.20. The molecule has 1 heterocycles. The van der Waals surface area contributed by atoms with Crippen LogP contribution in [-0.4, -0.2) is 11.5 Å². The standard InChI is InChI=1S/C14H15ClN2/c15-14-4-2-1-3-13(14)12(10-16)9-11-5-7-17-8-6-11/h1-8,12H,9-10,16H2. The molecule has 0 aliphatic carbocycles. The molecule has 0 amide bonds. The third-order valence-electron chi connectivity index (χ3n) is 2.86. The summed E-state index contributed by atoms with van der Waals surface area (Å²) in [6.07, 6.45) is 4.49. The predicted molar refractivity (Wildman–Crippen MR) is 71.2 cm³/mol. The Morgan fingerprint density at radius 1 is 1.12 bits per heavy atom. The smallest absolute Gasteiger partial charge is 0.0441 e. The molecule has 0 radical (unpaired) electrons. The summed E-state index contributed by atoms with van der Waals surface area (Å²) < 4.78 is 0. The summed E-state index contributed by atoms with van der Waals surface area (Å²) in [6.45, 7) is 0.589. The summed E-state index contributed by atoms with van der Waals surface area (Å²) in [5.41, 5.74) is 8.20. The van der Waals surface area contributed by atoms with Crippen LogP contribution in [0, 0.1) is 0 Å². The molecule has 1 aromatic heterocycles. The highest BCUT2D eigenvalue weighted by atomic mass is 35.5. The molecular weight excluding hydrogens is 232 g/mol. The number of pyridine rings is 1. The van der Waals surface area contributed by atoms with Crippen molar-refractivity contribution in [3.63, 3.8) is 0 Å². The zero-order valence-corrected chi connectivity index (χ0v) is 10.3. The highest BCUT2D eigenvalue weighted by Gasteiger charge is 2.13. The van der Waals surface area contributed by atoms with E-state index in [4.69, 9.17) is 17.3 Å². The van der Waals surface area contributed by atoms with E-state index in [9.17, 15) is 0 Å². The molecule has 88 valence electrons. The largest absolute Gasteiger partial charge is 0.330 e. The lowest BCUT2D eigenvalue weighted by atomic mass is 9.92. The van der Waals surface area contributed by atoms with Crippen LogP contribution in [0.15, 0.2) is 48.8 Å². The van der Waals surface area contributed by atoms with Crippen LogP contribution in [0.2, 0.25) is 5.02 Å². The van der Waals surface area contributed by atoms with Crippen LogP contribution in [0.1, 0.15) is 17.0 Å². The Labute approximate surface area is 106 Å². The zero-order chi connectivity index (χ0) is 12.1. The van der Waals surface area contributed by atoms with Crippen molar-refractivity contribution < 1.29 is 0 Å². The van der Waals surface area contributed by atoms with Gasteiger partial charge in [0.25, 0.3) is 0 Å². The topological polar surface area (TPSA) is 38.9 Å². The Balaban J connectivity index is 2.21. The summed E-state index contributed by atoms with van der Waals surface area (Å²) in [5.74, 6) is 0.256. The van der Waals surface area contributed by atoms with Crippen LogP contribution < -0.4 is 5.73 Å². The van der Waals surface area contributed by atoms with Crippen LogP contribution >= 0.6 is 11.6 Å². The van der Waals surface area contributed by atoms with Crippen LogP contribution in [0.5, 0.6) is 0 Å². The van der Waals surface area contributed by atoms with Crippen LogP contribution in [0.3, 0.4) is 0 Å². The van der Waals surface area contributed by atoms with Gasteiger partial charge in [0.1, 0.15) is 0 Å². The minimum atomic E-state index is 0.256. The van der Waals surface area contributed by atoms with Crippen molar-refractivity contribution in [1.82, 2.24) is 4.98 Å². The first kappa shape index (κ1) is 12.1. The van der Waals surface area contributed by atoms with Gasteiger partial charge in [-0.25, -0.2) is 0 Å². The number of benzene rings is 1. The number of nitrogens with zero attached hydrogens (tertiary/aromatic N) is 1. The zero-order valence-electron chi connectivity index (χ0n) is 9.51. The summed E-state index contributed by atoms with van der Waals surface area (Å²) in [4.78, 5) is 4.01. The molecule has 2 nitrogen and oxygen atoms in total. The average molecular weight is 247 g/mol. The van der Waals surface area contributed by atoms with Gasteiger partial charge in [-0.15, -0.1) is 0 Å². The highest BCUT2D eigenvalue weighted by Crippen LogP contribution is 2.26. The molecule has 2 aromatic rings. The lowest BCUT2D eigenvalue weighted by molar-refractivity contribution is 0.694. The molecule has 0 aliphatic heterocycles. The van der Waals surface area contributed by atoms with Crippen molar-refractivity contribution in [1.29, 1.82) is 0 Å². The number of hydrogen-bond donors (Lipinski definition) is 1. The van der Waals surface area contributed by atoms with E-state index < -0.39 is 0 Å². The quantitative estimate of drug-likeness (QED) is 0.901. The average Bonchev–Trinajstić information content (AvgIpc) is 2.38. The van der Waals surface area contributed by atoms with Gasteiger partial charge in [-0.2, -0.15) is 0 Å². The molecule has 17 heavy (non-hydrogen) atoms. The van der Waals surface area contributed by atoms with Gasteiger partial charge < -0.3 is 5.73 Å². The van der Waals surface area contributed by atoms with E-state index in [1.807, 2.05) is 36.4 Å². The second kappa shape index (κ2) is 5.80. The molecule has 3 heteroatoms. The van der Waals surface area contributed by atoms with E-state index >= 15 is 0 Å². The molecule has 2 N–H and O–H groups in total. The Morgan fingerprint density at radius 2 is 1.82 bits per heavy atom. The van der Waals surface area contributed by atoms with E-state index in [-0.39, 0.29) is 5.92 Å². The summed E-state index contributed by atoms with van der Waals surface area (Å²) in [6, 6.07) is 11.9. The molecule has 0 saturated heterocycles. The van der Waals surface area contributed by atoms with Crippen molar-refractivity contribution in [3.8, 4) is 0 Å². The number of nitrogens with two attached hydrogens (primary N) is 1. The maximum atomic E-state index is 6.20. The fourth-order valence-corrected chi connectivity index (χ4v) is 2.22. The molecule has 0 saturated carbocycles. The molecular formula is C14H15ClN2. The van der Waals surface area contributed by atoms with E-state index in [0.29, 0.717) is 6.54 Å². The number of rotatable bonds is 4. The SMILES string of the molecule is NCC(Cc1ccncc1)c1ccccc1Cl. The summed E-state index contributed by atoms with van der Waals surface area (Å²) in [7, 11) is 0. The highest BCUT2D eigenvalue weighted by molar-refractivity contribution is 6.31.